The van der Waals surface area contributed by atoms with E-state index in [0.717, 1.165) is 6.42 Å². The Morgan fingerprint density at radius 3 is 2.31 bits per heavy atom. The number of amides is 2. The average molecular weight is 759 g/mol. The Morgan fingerprint density at radius 2 is 1.70 bits per heavy atom. The van der Waals surface area contributed by atoms with E-state index in [1.807, 2.05) is 24.8 Å². The molecule has 0 bridgehead atoms. The molecular weight excluding hydrogens is 708 g/mol. The number of anilines is 2. The molecule has 54 heavy (non-hydrogen) atoms. The molecule has 3 heterocycles. The minimum atomic E-state index is -1.09. The molecule has 1 aliphatic carbocycles. The molecule has 19 heteroatoms. The van der Waals surface area contributed by atoms with E-state index in [9.17, 15) is 24.8 Å². The lowest BCUT2D eigenvalue weighted by molar-refractivity contribution is -0.383. The van der Waals surface area contributed by atoms with Gasteiger partial charge in [0.1, 0.15) is 11.4 Å². The molecule has 0 spiro atoms. The zero-order valence-electron chi connectivity index (χ0n) is 30.9. The Morgan fingerprint density at radius 1 is 1.04 bits per heavy atom. The van der Waals surface area contributed by atoms with Gasteiger partial charge in [-0.2, -0.15) is 0 Å². The number of aliphatic hydroxyl groups is 1. The van der Waals surface area contributed by atoms with E-state index >= 15 is 0 Å². The Balaban J connectivity index is 1.04. The van der Waals surface area contributed by atoms with Gasteiger partial charge in [-0.1, -0.05) is 13.8 Å². The average Bonchev–Trinajstić information content (AvgIpc) is 3.74. The number of primary amides is 1. The van der Waals surface area contributed by atoms with E-state index in [1.165, 1.54) is 6.07 Å². The highest BCUT2D eigenvalue weighted by molar-refractivity contribution is 5.98. The third kappa shape index (κ3) is 9.51. The molecule has 0 unspecified atom stereocenters. The molecule has 2 fully saturated rings. The quantitative estimate of drug-likeness (QED) is 0.0546. The lowest BCUT2D eigenvalue weighted by Gasteiger charge is -2.41. The van der Waals surface area contributed by atoms with Crippen LogP contribution in [0.2, 0.25) is 0 Å². The van der Waals surface area contributed by atoms with Crippen molar-refractivity contribution in [1.82, 2.24) is 20.6 Å². The summed E-state index contributed by atoms with van der Waals surface area (Å²) in [4.78, 5) is 43.9. The van der Waals surface area contributed by atoms with Crippen molar-refractivity contribution >= 4 is 39.9 Å². The van der Waals surface area contributed by atoms with Gasteiger partial charge in [0.25, 0.3) is 5.91 Å². The number of nitro groups is 1. The van der Waals surface area contributed by atoms with Crippen molar-refractivity contribution in [2.75, 3.05) is 96.4 Å². The summed E-state index contributed by atoms with van der Waals surface area (Å²) in [6, 6.07) is 4.70. The van der Waals surface area contributed by atoms with E-state index in [-0.39, 0.29) is 71.9 Å². The SMILES string of the molecule is CCC(CC)(C(=O)NCCOCCOCCOCCNc1ccc([N+](=O)[O-])c2nonc12)c1cc(N2CC(OC)C2)c(OC[C@H]2C[C@@H]2CO)nc1C(N)=O. The second-order valence-corrected chi connectivity index (χ2v) is 13.2. The lowest BCUT2D eigenvalue weighted by atomic mass is 9.73. The number of nitrogens with two attached hydrogens (primary N) is 1. The van der Waals surface area contributed by atoms with Crippen molar-refractivity contribution in [2.45, 2.75) is 44.6 Å². The number of carbonyl (C=O) groups is 2. The fourth-order valence-electron chi connectivity index (χ4n) is 6.50. The van der Waals surface area contributed by atoms with Crippen LogP contribution < -0.4 is 26.0 Å². The number of hydrogen-bond donors (Lipinski definition) is 4. The monoisotopic (exact) mass is 758 g/mol. The topological polar surface area (TPSA) is 249 Å². The minimum Gasteiger partial charge on any atom is -0.476 e. The summed E-state index contributed by atoms with van der Waals surface area (Å²) in [6.45, 7) is 8.06. The van der Waals surface area contributed by atoms with E-state index in [0.29, 0.717) is 89.1 Å². The van der Waals surface area contributed by atoms with Crippen LogP contribution in [0.15, 0.2) is 22.8 Å². The van der Waals surface area contributed by atoms with Crippen molar-refractivity contribution in [1.29, 1.82) is 0 Å². The number of fused-ring (bicyclic) bond motifs is 1. The van der Waals surface area contributed by atoms with Gasteiger partial charge in [-0.05, 0) is 53.5 Å². The molecule has 1 saturated carbocycles. The maximum atomic E-state index is 13.9. The number of ether oxygens (including phenoxy) is 5. The van der Waals surface area contributed by atoms with Crippen molar-refractivity contribution in [2.24, 2.45) is 17.6 Å². The van der Waals surface area contributed by atoms with Crippen LogP contribution in [0.5, 0.6) is 5.88 Å². The Hall–Kier alpha value is -4.69. The highest BCUT2D eigenvalue weighted by Crippen LogP contribution is 2.42. The molecule has 296 valence electrons. The van der Waals surface area contributed by atoms with Gasteiger partial charge in [0, 0.05) is 51.5 Å². The second kappa shape index (κ2) is 19.1. The highest BCUT2D eigenvalue weighted by atomic mass is 16.6. The number of hydrogen-bond acceptors (Lipinski definition) is 16. The summed E-state index contributed by atoms with van der Waals surface area (Å²) >= 11 is 0. The summed E-state index contributed by atoms with van der Waals surface area (Å²) in [7, 11) is 1.66. The van der Waals surface area contributed by atoms with Crippen LogP contribution in [0.1, 0.15) is 49.2 Å². The summed E-state index contributed by atoms with van der Waals surface area (Å²) < 4.78 is 33.1. The number of aromatic nitrogens is 3. The van der Waals surface area contributed by atoms with E-state index in [4.69, 9.17) is 29.4 Å². The van der Waals surface area contributed by atoms with Crippen LogP contribution in [0.4, 0.5) is 17.1 Å². The number of aliphatic hydroxyl groups excluding tert-OH is 1. The lowest BCUT2D eigenvalue weighted by Crippen LogP contribution is -2.52. The Kier molecular flexibility index (Phi) is 14.3. The van der Waals surface area contributed by atoms with Crippen LogP contribution >= 0.6 is 0 Å². The third-order valence-corrected chi connectivity index (χ3v) is 10.0. The first-order valence-electron chi connectivity index (χ1n) is 18.2. The third-order valence-electron chi connectivity index (χ3n) is 10.0. The predicted molar refractivity (Wildman–Crippen MR) is 195 cm³/mol. The molecule has 2 atom stereocenters. The molecule has 2 amide bonds. The molecule has 1 aromatic carbocycles. The highest BCUT2D eigenvalue weighted by Gasteiger charge is 2.43. The van der Waals surface area contributed by atoms with Crippen LogP contribution in [-0.4, -0.2) is 129 Å². The first-order chi connectivity index (χ1) is 26.2. The first-order valence-corrected chi connectivity index (χ1v) is 18.2. The zero-order valence-corrected chi connectivity index (χ0v) is 30.9. The van der Waals surface area contributed by atoms with Gasteiger partial charge in [-0.25, -0.2) is 9.61 Å². The van der Waals surface area contributed by atoms with Crippen LogP contribution in [0, 0.1) is 22.0 Å². The van der Waals surface area contributed by atoms with Crippen molar-refractivity contribution in [3.8, 4) is 5.88 Å². The molecule has 2 aliphatic rings. The van der Waals surface area contributed by atoms with E-state index in [1.54, 1.807) is 13.2 Å². The molecule has 19 nitrogen and oxygen atoms in total. The fraction of sp³-hybridized carbons (Fsp3) is 0.629. The number of benzene rings is 1. The molecule has 1 aliphatic heterocycles. The summed E-state index contributed by atoms with van der Waals surface area (Å²) in [5.41, 5.74) is 6.59. The van der Waals surface area contributed by atoms with Crippen molar-refractivity contribution < 1.29 is 47.9 Å². The van der Waals surface area contributed by atoms with E-state index in [2.05, 4.69) is 30.6 Å². The number of methoxy groups -OCH3 is 1. The zero-order chi connectivity index (χ0) is 38.7. The van der Waals surface area contributed by atoms with Crippen molar-refractivity contribution in [3.05, 3.63) is 39.6 Å². The minimum absolute atomic E-state index is 0.00501. The number of carbonyl (C=O) groups excluding carboxylic acids is 2. The summed E-state index contributed by atoms with van der Waals surface area (Å²) in [5, 5.41) is 34.0. The van der Waals surface area contributed by atoms with Gasteiger partial charge in [0.2, 0.25) is 17.3 Å². The predicted octanol–water partition coefficient (Wildman–Crippen LogP) is 1.80. The number of nitrogens with zero attached hydrogens (tertiary/aromatic N) is 5. The van der Waals surface area contributed by atoms with Crippen LogP contribution in [0.3, 0.4) is 0 Å². The standard InChI is InChI=1S/C35H50N8O11/c1-4-35(5-2,25-17-28(42-18-24(19-42)49-3)33(39-29(25)32(36)45)53-21-23-16-22(23)20-44)34(46)38-9-11-51-13-15-52-14-12-50-10-8-37-26-6-7-27(43(47)48)31-30(26)40-54-41-31/h6-7,17,22-24,37,44H,4-5,8-16,18-21H2,1-3H3,(H2,36,45)(H,38,46)/t22-,23-/m1/s1. The molecule has 3 aromatic rings. The van der Waals surface area contributed by atoms with Gasteiger partial charge in [-0.15, -0.1) is 0 Å². The molecule has 1 saturated heterocycles. The number of non-ortho nitro benzene ring substituents is 1. The van der Waals surface area contributed by atoms with Crippen molar-refractivity contribution in [3.63, 3.8) is 0 Å². The number of nitro benzene ring substituents is 1. The largest absolute Gasteiger partial charge is 0.476 e. The van der Waals surface area contributed by atoms with Gasteiger partial charge in [-0.3, -0.25) is 19.7 Å². The smallest absolute Gasteiger partial charge is 0.300 e. The maximum Gasteiger partial charge on any atom is 0.300 e. The Bertz CT molecular complexity index is 1730. The van der Waals surface area contributed by atoms with Gasteiger partial charge < -0.3 is 50.1 Å². The van der Waals surface area contributed by atoms with E-state index < -0.39 is 16.2 Å². The second-order valence-electron chi connectivity index (χ2n) is 13.2. The van der Waals surface area contributed by atoms with Crippen LogP contribution in [-0.2, 0) is 29.2 Å². The number of nitrogens with one attached hydrogen (secondary N) is 2. The maximum absolute atomic E-state index is 13.9. The van der Waals surface area contributed by atoms with Crippen LogP contribution in [0.25, 0.3) is 11.0 Å². The summed E-state index contributed by atoms with van der Waals surface area (Å²) in [5.74, 6) is -0.326. The molecule has 0 radical (unpaired) electrons. The number of rotatable bonds is 25. The molecule has 2 aromatic heterocycles. The number of pyridine rings is 1. The Labute approximate surface area is 312 Å². The molecular formula is C35H50N8O11. The first kappa shape index (κ1) is 40.5. The normalized spacial score (nSPS) is 17.0. The summed E-state index contributed by atoms with van der Waals surface area (Å²) in [6.07, 6.45) is 1.70. The molecule has 5 rings (SSSR count). The fourth-order valence-corrected chi connectivity index (χ4v) is 6.50. The molecule has 5 N–H and O–H groups in total. The van der Waals surface area contributed by atoms with Gasteiger partial charge >= 0.3 is 5.69 Å². The van der Waals surface area contributed by atoms with Gasteiger partial charge in [0.15, 0.2) is 5.52 Å². The van der Waals surface area contributed by atoms with Gasteiger partial charge in [0.05, 0.1) is 68.4 Å².